The highest BCUT2D eigenvalue weighted by molar-refractivity contribution is 6.76. The van der Waals surface area contributed by atoms with Gasteiger partial charge in [0, 0.05) is 21.2 Å². The van der Waals surface area contributed by atoms with Crippen LogP contribution in [0.5, 0.6) is 5.75 Å². The summed E-state index contributed by atoms with van der Waals surface area (Å²) in [4.78, 5) is 15.2. The molecule has 1 rings (SSSR count). The average Bonchev–Trinajstić information content (AvgIpc) is 2.14. The van der Waals surface area contributed by atoms with Crippen molar-refractivity contribution < 1.29 is 9.53 Å². The van der Waals surface area contributed by atoms with Crippen LogP contribution in [-0.2, 0) is 11.2 Å². The van der Waals surface area contributed by atoms with Gasteiger partial charge in [-0.1, -0.05) is 25.7 Å². The number of carbonyl (C=O) groups excluding carboxylic acids is 1. The Morgan fingerprint density at radius 1 is 1.44 bits per heavy atom. The monoisotopic (exact) mass is 237 g/mol. The zero-order valence-corrected chi connectivity index (χ0v) is 11.4. The van der Waals surface area contributed by atoms with Crippen molar-refractivity contribution in [2.45, 2.75) is 39.0 Å². The van der Waals surface area contributed by atoms with Gasteiger partial charge in [0.15, 0.2) is 5.75 Å². The fourth-order valence-electron chi connectivity index (χ4n) is 1.35. The largest absolute Gasteiger partial charge is 0.425 e. The molecule has 88 valence electrons. The zero-order valence-electron chi connectivity index (χ0n) is 10.4. The number of rotatable bonds is 4. The van der Waals surface area contributed by atoms with E-state index in [1.54, 1.807) is 18.3 Å². The smallest absolute Gasteiger partial charge is 0.308 e. The highest BCUT2D eigenvalue weighted by Crippen LogP contribution is 2.20. The van der Waals surface area contributed by atoms with Gasteiger partial charge in [0.1, 0.15) is 0 Å². The van der Waals surface area contributed by atoms with Crippen LogP contribution in [0.25, 0.3) is 0 Å². The Morgan fingerprint density at radius 3 is 2.69 bits per heavy atom. The number of ether oxygens (including phenoxy) is 1. The second-order valence-corrected chi connectivity index (χ2v) is 10.7. The number of esters is 1. The first kappa shape index (κ1) is 12.9. The van der Waals surface area contributed by atoms with Crippen LogP contribution in [0, 0.1) is 0 Å². The quantitative estimate of drug-likeness (QED) is 0.597. The molecule has 0 atom stereocenters. The Balaban J connectivity index is 2.75. The number of aryl methyl sites for hydroxylation is 1. The molecule has 0 amide bonds. The summed E-state index contributed by atoms with van der Waals surface area (Å²) in [5, 5.41) is 0. The maximum Gasteiger partial charge on any atom is 0.308 e. The molecule has 0 N–H and O–H groups in total. The number of pyridine rings is 1. The van der Waals surface area contributed by atoms with E-state index in [-0.39, 0.29) is 5.97 Å². The lowest BCUT2D eigenvalue weighted by molar-refractivity contribution is -0.131. The van der Waals surface area contributed by atoms with E-state index in [9.17, 15) is 4.79 Å². The van der Waals surface area contributed by atoms with Crippen LogP contribution in [-0.4, -0.2) is 19.0 Å². The van der Waals surface area contributed by atoms with Crippen molar-refractivity contribution in [3.63, 3.8) is 0 Å². The molecular weight excluding hydrogens is 218 g/mol. The molecule has 1 heterocycles. The molecule has 0 aliphatic carbocycles. The molecule has 0 fully saturated rings. The van der Waals surface area contributed by atoms with Gasteiger partial charge in [-0.25, -0.2) is 0 Å². The normalized spacial score (nSPS) is 11.2. The standard InChI is InChI=1S/C12H19NO2Si/c1-10(14)15-12-6-5-8-13-11(12)7-9-16(2,3)4/h5-6,8H,7,9H2,1-4H3. The molecule has 0 saturated heterocycles. The van der Waals surface area contributed by atoms with Gasteiger partial charge in [-0.2, -0.15) is 0 Å². The minimum absolute atomic E-state index is 0.290. The lowest BCUT2D eigenvalue weighted by atomic mass is 10.2. The first-order chi connectivity index (χ1) is 7.38. The minimum atomic E-state index is -1.08. The topological polar surface area (TPSA) is 39.2 Å². The van der Waals surface area contributed by atoms with Gasteiger partial charge in [-0.05, 0) is 18.6 Å². The summed E-state index contributed by atoms with van der Waals surface area (Å²) < 4.78 is 5.12. The maximum absolute atomic E-state index is 10.9. The van der Waals surface area contributed by atoms with Crippen LogP contribution >= 0.6 is 0 Å². The fraction of sp³-hybridized carbons (Fsp3) is 0.500. The van der Waals surface area contributed by atoms with Crippen LogP contribution < -0.4 is 4.74 Å². The lowest BCUT2D eigenvalue weighted by Gasteiger charge is -2.15. The Kier molecular flexibility index (Phi) is 4.24. The second-order valence-electron chi connectivity index (χ2n) is 5.10. The van der Waals surface area contributed by atoms with Gasteiger partial charge in [0.05, 0.1) is 5.69 Å². The molecule has 0 unspecified atom stereocenters. The van der Waals surface area contributed by atoms with Gasteiger partial charge in [-0.15, -0.1) is 0 Å². The molecular formula is C12H19NO2Si. The van der Waals surface area contributed by atoms with Crippen molar-refractivity contribution in [3.05, 3.63) is 24.0 Å². The molecule has 0 aromatic carbocycles. The third kappa shape index (κ3) is 4.57. The number of aromatic nitrogens is 1. The van der Waals surface area contributed by atoms with E-state index in [4.69, 9.17) is 4.74 Å². The maximum atomic E-state index is 10.9. The molecule has 4 heteroatoms. The summed E-state index contributed by atoms with van der Waals surface area (Å²) in [6.07, 6.45) is 2.63. The van der Waals surface area contributed by atoms with E-state index >= 15 is 0 Å². The SMILES string of the molecule is CC(=O)Oc1cccnc1CC[Si](C)(C)C. The summed E-state index contributed by atoms with van der Waals surface area (Å²) in [6, 6.07) is 4.74. The summed E-state index contributed by atoms with van der Waals surface area (Å²) in [5.74, 6) is 0.315. The molecule has 0 saturated carbocycles. The van der Waals surface area contributed by atoms with Crippen LogP contribution in [0.15, 0.2) is 18.3 Å². The number of carbonyl (C=O) groups is 1. The van der Waals surface area contributed by atoms with Crippen LogP contribution in [0.3, 0.4) is 0 Å². The van der Waals surface area contributed by atoms with Gasteiger partial charge >= 0.3 is 5.97 Å². The molecule has 0 aliphatic heterocycles. The summed E-state index contributed by atoms with van der Waals surface area (Å²) in [6.45, 7) is 8.37. The molecule has 0 bridgehead atoms. The molecule has 1 aromatic rings. The van der Waals surface area contributed by atoms with Crippen molar-refractivity contribution in [2.75, 3.05) is 0 Å². The third-order valence-electron chi connectivity index (χ3n) is 2.21. The molecule has 0 radical (unpaired) electrons. The first-order valence-corrected chi connectivity index (χ1v) is 9.21. The van der Waals surface area contributed by atoms with E-state index in [1.807, 2.05) is 0 Å². The number of nitrogens with zero attached hydrogens (tertiary/aromatic N) is 1. The van der Waals surface area contributed by atoms with Crippen LogP contribution in [0.2, 0.25) is 25.7 Å². The van der Waals surface area contributed by atoms with E-state index in [2.05, 4.69) is 24.6 Å². The number of hydrogen-bond donors (Lipinski definition) is 0. The minimum Gasteiger partial charge on any atom is -0.425 e. The van der Waals surface area contributed by atoms with E-state index in [0.29, 0.717) is 5.75 Å². The van der Waals surface area contributed by atoms with E-state index in [1.165, 1.54) is 6.92 Å². The van der Waals surface area contributed by atoms with Crippen LogP contribution in [0.4, 0.5) is 0 Å². The molecule has 3 nitrogen and oxygen atoms in total. The fourth-order valence-corrected chi connectivity index (χ4v) is 2.34. The molecule has 0 spiro atoms. The highest BCUT2D eigenvalue weighted by atomic mass is 28.3. The summed E-state index contributed by atoms with van der Waals surface area (Å²) in [7, 11) is -1.08. The average molecular weight is 237 g/mol. The third-order valence-corrected chi connectivity index (χ3v) is 3.96. The Labute approximate surface area is 97.9 Å². The second kappa shape index (κ2) is 5.25. The highest BCUT2D eigenvalue weighted by Gasteiger charge is 2.15. The predicted molar refractivity (Wildman–Crippen MR) is 67.4 cm³/mol. The number of hydrogen-bond acceptors (Lipinski definition) is 3. The van der Waals surface area contributed by atoms with Gasteiger partial charge in [0.2, 0.25) is 0 Å². The van der Waals surface area contributed by atoms with Crippen molar-refractivity contribution in [2.24, 2.45) is 0 Å². The molecule has 0 aliphatic rings. The van der Waals surface area contributed by atoms with Gasteiger partial charge in [-0.3, -0.25) is 9.78 Å². The van der Waals surface area contributed by atoms with Gasteiger partial charge in [0.25, 0.3) is 0 Å². The summed E-state index contributed by atoms with van der Waals surface area (Å²) in [5.41, 5.74) is 0.889. The van der Waals surface area contributed by atoms with Crippen molar-refractivity contribution >= 4 is 14.0 Å². The molecule has 1 aromatic heterocycles. The zero-order chi connectivity index (χ0) is 12.2. The summed E-state index contributed by atoms with van der Waals surface area (Å²) >= 11 is 0. The first-order valence-electron chi connectivity index (χ1n) is 5.51. The van der Waals surface area contributed by atoms with Crippen molar-refractivity contribution in [1.29, 1.82) is 0 Å². The van der Waals surface area contributed by atoms with E-state index in [0.717, 1.165) is 18.2 Å². The van der Waals surface area contributed by atoms with Crippen molar-refractivity contribution in [3.8, 4) is 5.75 Å². The van der Waals surface area contributed by atoms with Crippen molar-refractivity contribution in [1.82, 2.24) is 4.98 Å². The molecule has 16 heavy (non-hydrogen) atoms. The Morgan fingerprint density at radius 2 is 2.12 bits per heavy atom. The van der Waals surface area contributed by atoms with Crippen LogP contribution in [0.1, 0.15) is 12.6 Å². The van der Waals surface area contributed by atoms with Gasteiger partial charge < -0.3 is 4.74 Å². The van der Waals surface area contributed by atoms with E-state index < -0.39 is 8.07 Å². The lowest BCUT2D eigenvalue weighted by Crippen LogP contribution is -2.20. The Bertz CT molecular complexity index is 372. The predicted octanol–water partition coefficient (Wildman–Crippen LogP) is 2.89. The Hall–Kier alpha value is -1.16.